The van der Waals surface area contributed by atoms with Gasteiger partial charge in [0.25, 0.3) is 0 Å². The number of hydrogen-bond donors (Lipinski definition) is 1. The maximum absolute atomic E-state index is 4.70. The topological polar surface area (TPSA) is 24.9 Å². The second-order valence-electron chi connectivity index (χ2n) is 5.76. The number of rotatable bonds is 3. The number of halogens is 1. The third-order valence-corrected chi connectivity index (χ3v) is 4.31. The van der Waals surface area contributed by atoms with Crippen molar-refractivity contribution in [3.8, 4) is 0 Å². The van der Waals surface area contributed by atoms with Crippen molar-refractivity contribution in [3.05, 3.63) is 69.8 Å². The Bertz CT molecular complexity index is 827. The van der Waals surface area contributed by atoms with E-state index in [9.17, 15) is 0 Å². The Morgan fingerprint density at radius 3 is 2.64 bits per heavy atom. The van der Waals surface area contributed by atoms with E-state index in [4.69, 9.17) is 4.98 Å². The van der Waals surface area contributed by atoms with Crippen molar-refractivity contribution in [3.63, 3.8) is 0 Å². The first-order chi connectivity index (χ1) is 10.5. The molecule has 0 bridgehead atoms. The number of fused-ring (bicyclic) bond motifs is 1. The van der Waals surface area contributed by atoms with Crippen molar-refractivity contribution in [2.75, 3.05) is 5.32 Å². The van der Waals surface area contributed by atoms with Gasteiger partial charge in [0.05, 0.1) is 0 Å². The predicted molar refractivity (Wildman–Crippen MR) is 97.4 cm³/mol. The van der Waals surface area contributed by atoms with Crippen LogP contribution in [0.25, 0.3) is 10.8 Å². The first-order valence-corrected chi connectivity index (χ1v) is 8.22. The SMILES string of the molecule is Cc1cccc([C@@H](C)Nc2nc(C)cc3ccc(Br)cc23)c1. The van der Waals surface area contributed by atoms with Gasteiger partial charge in [-0.2, -0.15) is 0 Å². The van der Waals surface area contributed by atoms with Crippen molar-refractivity contribution in [1.82, 2.24) is 4.98 Å². The number of pyridine rings is 1. The van der Waals surface area contributed by atoms with Crippen LogP contribution in [-0.4, -0.2) is 4.98 Å². The second kappa shape index (κ2) is 6.09. The Labute approximate surface area is 139 Å². The Kier molecular flexibility index (Phi) is 4.16. The van der Waals surface area contributed by atoms with E-state index in [1.807, 2.05) is 6.92 Å². The molecule has 0 radical (unpaired) electrons. The summed E-state index contributed by atoms with van der Waals surface area (Å²) in [5.74, 6) is 0.935. The molecular weight excluding hydrogens is 336 g/mol. The van der Waals surface area contributed by atoms with Crippen LogP contribution in [0.15, 0.2) is 53.0 Å². The zero-order chi connectivity index (χ0) is 15.7. The minimum atomic E-state index is 0.205. The number of hydrogen-bond acceptors (Lipinski definition) is 2. The molecule has 1 aromatic heterocycles. The van der Waals surface area contributed by atoms with Crippen LogP contribution in [0.1, 0.15) is 29.8 Å². The van der Waals surface area contributed by atoms with Gasteiger partial charge >= 0.3 is 0 Å². The lowest BCUT2D eigenvalue weighted by Gasteiger charge is -2.17. The zero-order valence-electron chi connectivity index (χ0n) is 13.0. The molecule has 1 heterocycles. The summed E-state index contributed by atoms with van der Waals surface area (Å²) < 4.78 is 1.07. The molecule has 0 saturated heterocycles. The van der Waals surface area contributed by atoms with E-state index < -0.39 is 0 Å². The third kappa shape index (κ3) is 3.14. The van der Waals surface area contributed by atoms with Crippen molar-refractivity contribution in [2.45, 2.75) is 26.8 Å². The highest BCUT2D eigenvalue weighted by molar-refractivity contribution is 9.10. The average Bonchev–Trinajstić information content (AvgIpc) is 2.48. The van der Waals surface area contributed by atoms with Gasteiger partial charge in [0, 0.05) is 21.6 Å². The monoisotopic (exact) mass is 354 g/mol. The molecule has 0 spiro atoms. The quantitative estimate of drug-likeness (QED) is 0.643. The van der Waals surface area contributed by atoms with Crippen molar-refractivity contribution in [2.24, 2.45) is 0 Å². The largest absolute Gasteiger partial charge is 0.363 e. The summed E-state index contributed by atoms with van der Waals surface area (Å²) in [6.45, 7) is 6.32. The Morgan fingerprint density at radius 1 is 1.05 bits per heavy atom. The maximum Gasteiger partial charge on any atom is 0.134 e. The third-order valence-electron chi connectivity index (χ3n) is 3.82. The Balaban J connectivity index is 2.01. The molecule has 1 atom stereocenters. The summed E-state index contributed by atoms with van der Waals surface area (Å²) in [4.78, 5) is 4.70. The molecule has 2 aromatic carbocycles. The van der Waals surface area contributed by atoms with Crippen LogP contribution in [-0.2, 0) is 0 Å². The van der Waals surface area contributed by atoms with Crippen LogP contribution in [0.3, 0.4) is 0 Å². The Hall–Kier alpha value is -1.87. The first-order valence-electron chi connectivity index (χ1n) is 7.43. The number of benzene rings is 2. The van der Waals surface area contributed by atoms with Crippen LogP contribution in [0.2, 0.25) is 0 Å². The van der Waals surface area contributed by atoms with Crippen molar-refractivity contribution >= 4 is 32.5 Å². The molecule has 3 rings (SSSR count). The van der Waals surface area contributed by atoms with E-state index in [0.29, 0.717) is 0 Å². The molecule has 1 N–H and O–H groups in total. The van der Waals surface area contributed by atoms with Gasteiger partial charge in [-0.05, 0) is 49.9 Å². The summed E-state index contributed by atoms with van der Waals surface area (Å²) in [5, 5.41) is 5.91. The van der Waals surface area contributed by atoms with Crippen LogP contribution in [0, 0.1) is 13.8 Å². The van der Waals surface area contributed by atoms with Crippen LogP contribution < -0.4 is 5.32 Å². The lowest BCUT2D eigenvalue weighted by atomic mass is 10.1. The van der Waals surface area contributed by atoms with Crippen molar-refractivity contribution < 1.29 is 0 Å². The molecule has 0 aliphatic heterocycles. The molecule has 3 aromatic rings. The van der Waals surface area contributed by atoms with E-state index in [-0.39, 0.29) is 6.04 Å². The summed E-state index contributed by atoms with van der Waals surface area (Å²) in [5.41, 5.74) is 3.57. The van der Waals surface area contributed by atoms with Gasteiger partial charge in [-0.25, -0.2) is 4.98 Å². The minimum absolute atomic E-state index is 0.205. The summed E-state index contributed by atoms with van der Waals surface area (Å²) in [6, 6.07) is 17.2. The zero-order valence-corrected chi connectivity index (χ0v) is 14.6. The second-order valence-corrected chi connectivity index (χ2v) is 6.67. The number of anilines is 1. The minimum Gasteiger partial charge on any atom is -0.363 e. The summed E-state index contributed by atoms with van der Waals surface area (Å²) in [7, 11) is 0. The fraction of sp³-hybridized carbons (Fsp3) is 0.211. The molecule has 0 unspecified atom stereocenters. The van der Waals surface area contributed by atoms with E-state index in [1.165, 1.54) is 16.5 Å². The molecule has 3 heteroatoms. The molecule has 0 saturated carbocycles. The molecule has 0 aliphatic carbocycles. The van der Waals surface area contributed by atoms with Gasteiger partial charge < -0.3 is 5.32 Å². The number of nitrogens with one attached hydrogen (secondary N) is 1. The smallest absolute Gasteiger partial charge is 0.134 e. The number of aryl methyl sites for hydroxylation is 2. The highest BCUT2D eigenvalue weighted by atomic mass is 79.9. The van der Waals surface area contributed by atoms with Crippen LogP contribution >= 0.6 is 15.9 Å². The summed E-state index contributed by atoms with van der Waals surface area (Å²) >= 11 is 3.55. The van der Waals surface area contributed by atoms with Gasteiger partial charge in [-0.1, -0.05) is 51.8 Å². The van der Waals surface area contributed by atoms with Crippen LogP contribution in [0.5, 0.6) is 0 Å². The predicted octanol–water partition coefficient (Wildman–Crippen LogP) is 5.79. The van der Waals surface area contributed by atoms with Crippen LogP contribution in [0.4, 0.5) is 5.82 Å². The van der Waals surface area contributed by atoms with Gasteiger partial charge in [-0.15, -0.1) is 0 Å². The first kappa shape index (κ1) is 15.0. The number of aromatic nitrogens is 1. The lowest BCUT2D eigenvalue weighted by molar-refractivity contribution is 0.874. The molecule has 0 aliphatic rings. The fourth-order valence-corrected chi connectivity index (χ4v) is 3.05. The molecule has 0 fully saturated rings. The summed E-state index contributed by atoms with van der Waals surface area (Å²) in [6.07, 6.45) is 0. The van der Waals surface area contributed by atoms with Gasteiger partial charge in [0.1, 0.15) is 5.82 Å². The van der Waals surface area contributed by atoms with E-state index in [0.717, 1.165) is 21.4 Å². The highest BCUT2D eigenvalue weighted by Gasteiger charge is 2.10. The molecular formula is C19H19BrN2. The average molecular weight is 355 g/mol. The van der Waals surface area contributed by atoms with Crippen molar-refractivity contribution in [1.29, 1.82) is 0 Å². The molecule has 22 heavy (non-hydrogen) atoms. The van der Waals surface area contributed by atoms with E-state index in [1.54, 1.807) is 0 Å². The van der Waals surface area contributed by atoms with E-state index >= 15 is 0 Å². The Morgan fingerprint density at radius 2 is 1.86 bits per heavy atom. The maximum atomic E-state index is 4.70. The normalized spacial score (nSPS) is 12.4. The van der Waals surface area contributed by atoms with E-state index in [2.05, 4.69) is 83.6 Å². The van der Waals surface area contributed by atoms with Gasteiger partial charge in [0.15, 0.2) is 0 Å². The molecule has 0 amide bonds. The number of nitrogens with zero attached hydrogens (tertiary/aromatic N) is 1. The van der Waals surface area contributed by atoms with Gasteiger partial charge in [-0.3, -0.25) is 0 Å². The standard InChI is InChI=1S/C19H19BrN2/c1-12-5-4-6-15(9-12)14(3)22-19-18-11-17(20)8-7-16(18)10-13(2)21-19/h4-11,14H,1-3H3,(H,21,22)/t14-/m1/s1. The molecule has 2 nitrogen and oxygen atoms in total. The fourth-order valence-electron chi connectivity index (χ4n) is 2.69. The molecule has 112 valence electrons. The highest BCUT2D eigenvalue weighted by Crippen LogP contribution is 2.29. The lowest BCUT2D eigenvalue weighted by Crippen LogP contribution is -2.09. The van der Waals surface area contributed by atoms with Gasteiger partial charge in [0.2, 0.25) is 0 Å².